The summed E-state index contributed by atoms with van der Waals surface area (Å²) < 4.78 is 41.7. The SMILES string of the molecule is CCOC(OCC)O[SiH2]CCc1ccc(F)c(F)c1. The standard InChI is InChI=1S/C13H20F2O3Si/c1-3-16-13(17-4-2)18-19-8-7-10-5-6-11(14)12(15)9-10/h5-6,9,13H,3-4,7-8,19H2,1-2H3. The van der Waals surface area contributed by atoms with Crippen molar-refractivity contribution in [3.05, 3.63) is 35.4 Å². The largest absolute Gasteiger partial charge is 0.379 e. The van der Waals surface area contributed by atoms with E-state index in [0.29, 0.717) is 19.6 Å². The summed E-state index contributed by atoms with van der Waals surface area (Å²) in [6.07, 6.45) is 0.675. The molecule has 19 heavy (non-hydrogen) atoms. The van der Waals surface area contributed by atoms with E-state index in [-0.39, 0.29) is 0 Å². The highest BCUT2D eigenvalue weighted by Gasteiger charge is 2.08. The third kappa shape index (κ3) is 6.24. The second-order valence-electron chi connectivity index (χ2n) is 3.92. The predicted octanol–water partition coefficient (Wildman–Crippen LogP) is 2.38. The highest BCUT2D eigenvalue weighted by Crippen LogP contribution is 2.10. The van der Waals surface area contributed by atoms with Crippen LogP contribution in [0.4, 0.5) is 8.78 Å². The molecule has 0 saturated heterocycles. The lowest BCUT2D eigenvalue weighted by atomic mass is 10.2. The molecule has 0 atom stereocenters. The molecule has 108 valence electrons. The van der Waals surface area contributed by atoms with Crippen LogP contribution in [0.3, 0.4) is 0 Å². The first-order valence-corrected chi connectivity index (χ1v) is 8.03. The molecule has 0 amide bonds. The van der Waals surface area contributed by atoms with Gasteiger partial charge in [-0.05, 0) is 44.0 Å². The molecule has 0 aliphatic rings. The van der Waals surface area contributed by atoms with Crippen LogP contribution in [-0.2, 0) is 20.3 Å². The van der Waals surface area contributed by atoms with Gasteiger partial charge in [-0.1, -0.05) is 6.07 Å². The van der Waals surface area contributed by atoms with Gasteiger partial charge in [0.25, 0.3) is 6.48 Å². The van der Waals surface area contributed by atoms with Crippen LogP contribution in [0.15, 0.2) is 18.2 Å². The van der Waals surface area contributed by atoms with E-state index in [1.165, 1.54) is 6.07 Å². The van der Waals surface area contributed by atoms with Gasteiger partial charge in [-0.2, -0.15) is 0 Å². The molecular formula is C13H20F2O3Si. The van der Waals surface area contributed by atoms with Crippen molar-refractivity contribution in [1.29, 1.82) is 0 Å². The Kier molecular flexibility index (Phi) is 7.81. The zero-order chi connectivity index (χ0) is 14.1. The summed E-state index contributed by atoms with van der Waals surface area (Å²) in [6.45, 7) is 4.22. The van der Waals surface area contributed by atoms with Crippen molar-refractivity contribution in [3.8, 4) is 0 Å². The first kappa shape index (κ1) is 16.2. The lowest BCUT2D eigenvalue weighted by Gasteiger charge is -2.17. The maximum atomic E-state index is 13.0. The van der Waals surface area contributed by atoms with Gasteiger partial charge < -0.3 is 13.9 Å². The van der Waals surface area contributed by atoms with Crippen molar-refractivity contribution in [2.24, 2.45) is 0 Å². The number of rotatable bonds is 9. The Morgan fingerprint density at radius 2 is 1.79 bits per heavy atom. The number of halogens is 2. The maximum Gasteiger partial charge on any atom is 0.261 e. The Hall–Kier alpha value is -0.823. The summed E-state index contributed by atoms with van der Waals surface area (Å²) >= 11 is 0. The number of benzene rings is 1. The Morgan fingerprint density at radius 3 is 2.37 bits per heavy atom. The molecule has 0 radical (unpaired) electrons. The molecule has 0 N–H and O–H groups in total. The third-order valence-electron chi connectivity index (χ3n) is 2.45. The van der Waals surface area contributed by atoms with Crippen LogP contribution in [-0.4, -0.2) is 29.5 Å². The molecule has 0 bridgehead atoms. The molecule has 0 fully saturated rings. The summed E-state index contributed by atoms with van der Waals surface area (Å²) in [5.74, 6) is -1.62. The molecule has 1 rings (SSSR count). The molecule has 0 aliphatic carbocycles. The topological polar surface area (TPSA) is 27.7 Å². The normalized spacial score (nSPS) is 11.8. The molecule has 0 spiro atoms. The van der Waals surface area contributed by atoms with Crippen LogP contribution >= 0.6 is 0 Å². The van der Waals surface area contributed by atoms with E-state index < -0.39 is 27.9 Å². The Morgan fingerprint density at radius 1 is 1.11 bits per heavy atom. The first-order chi connectivity index (χ1) is 9.17. The molecule has 0 saturated carbocycles. The minimum absolute atomic E-state index is 0.530. The van der Waals surface area contributed by atoms with E-state index >= 15 is 0 Å². The van der Waals surface area contributed by atoms with E-state index in [4.69, 9.17) is 13.9 Å². The zero-order valence-corrected chi connectivity index (χ0v) is 12.7. The molecule has 0 unspecified atom stereocenters. The molecule has 6 heteroatoms. The molecule has 1 aromatic carbocycles. The second kappa shape index (κ2) is 9.14. The Bertz CT molecular complexity index is 371. The van der Waals surface area contributed by atoms with E-state index in [2.05, 4.69) is 0 Å². The molecule has 0 heterocycles. The van der Waals surface area contributed by atoms with Crippen molar-refractivity contribution >= 4 is 9.76 Å². The van der Waals surface area contributed by atoms with Gasteiger partial charge in [-0.3, -0.25) is 0 Å². The predicted molar refractivity (Wildman–Crippen MR) is 71.5 cm³/mol. The summed E-state index contributed by atoms with van der Waals surface area (Å²) in [7, 11) is -0.809. The van der Waals surface area contributed by atoms with E-state index in [1.807, 2.05) is 13.8 Å². The Labute approximate surface area is 114 Å². The minimum atomic E-state index is -0.815. The summed E-state index contributed by atoms with van der Waals surface area (Å²) in [6, 6.07) is 4.79. The molecule has 1 aromatic rings. The highest BCUT2D eigenvalue weighted by atomic mass is 28.2. The summed E-state index contributed by atoms with van der Waals surface area (Å²) in [5.41, 5.74) is 0.777. The number of aryl methyl sites for hydroxylation is 1. The maximum absolute atomic E-state index is 13.0. The van der Waals surface area contributed by atoms with Crippen LogP contribution in [0.2, 0.25) is 6.04 Å². The number of hydrogen-bond acceptors (Lipinski definition) is 3. The number of hydrogen-bond donors (Lipinski definition) is 0. The average Bonchev–Trinajstić information content (AvgIpc) is 2.39. The second-order valence-corrected chi connectivity index (χ2v) is 5.37. The van der Waals surface area contributed by atoms with E-state index in [1.54, 1.807) is 6.07 Å². The van der Waals surface area contributed by atoms with Crippen LogP contribution in [0.1, 0.15) is 19.4 Å². The smallest absolute Gasteiger partial charge is 0.261 e. The fourth-order valence-corrected chi connectivity index (χ4v) is 2.67. The van der Waals surface area contributed by atoms with Gasteiger partial charge in [0, 0.05) is 13.2 Å². The fourth-order valence-electron chi connectivity index (χ4n) is 1.57. The summed E-state index contributed by atoms with van der Waals surface area (Å²) in [5, 5.41) is 0. The quantitative estimate of drug-likeness (QED) is 0.397. The first-order valence-electron chi connectivity index (χ1n) is 6.46. The monoisotopic (exact) mass is 290 g/mol. The fraction of sp³-hybridized carbons (Fsp3) is 0.538. The van der Waals surface area contributed by atoms with Gasteiger partial charge in [0.2, 0.25) is 0 Å². The van der Waals surface area contributed by atoms with Gasteiger partial charge in [0.1, 0.15) is 0 Å². The van der Waals surface area contributed by atoms with Crippen LogP contribution in [0, 0.1) is 11.6 Å². The molecular weight excluding hydrogens is 270 g/mol. The van der Waals surface area contributed by atoms with Crippen molar-refractivity contribution in [2.75, 3.05) is 13.2 Å². The van der Waals surface area contributed by atoms with Gasteiger partial charge in [-0.15, -0.1) is 0 Å². The lowest BCUT2D eigenvalue weighted by molar-refractivity contribution is -0.243. The van der Waals surface area contributed by atoms with Crippen molar-refractivity contribution in [3.63, 3.8) is 0 Å². The van der Waals surface area contributed by atoms with Crippen molar-refractivity contribution < 1.29 is 22.7 Å². The van der Waals surface area contributed by atoms with E-state index in [0.717, 1.165) is 17.7 Å². The van der Waals surface area contributed by atoms with Crippen LogP contribution < -0.4 is 0 Å². The van der Waals surface area contributed by atoms with E-state index in [9.17, 15) is 8.78 Å². The van der Waals surface area contributed by atoms with Crippen LogP contribution in [0.25, 0.3) is 0 Å². The minimum Gasteiger partial charge on any atom is -0.379 e. The molecule has 3 nitrogen and oxygen atoms in total. The van der Waals surface area contributed by atoms with Gasteiger partial charge in [-0.25, -0.2) is 8.78 Å². The number of ether oxygens (including phenoxy) is 2. The van der Waals surface area contributed by atoms with Crippen LogP contribution in [0.5, 0.6) is 0 Å². The zero-order valence-electron chi connectivity index (χ0n) is 11.3. The Balaban J connectivity index is 2.27. The van der Waals surface area contributed by atoms with Crippen molar-refractivity contribution in [1.82, 2.24) is 0 Å². The van der Waals surface area contributed by atoms with Gasteiger partial charge in [0.05, 0.1) is 0 Å². The van der Waals surface area contributed by atoms with Crippen molar-refractivity contribution in [2.45, 2.75) is 32.8 Å². The molecule has 0 aromatic heterocycles. The molecule has 0 aliphatic heterocycles. The lowest BCUT2D eigenvalue weighted by Crippen LogP contribution is -2.23. The van der Waals surface area contributed by atoms with Gasteiger partial charge in [0.15, 0.2) is 21.4 Å². The third-order valence-corrected chi connectivity index (χ3v) is 3.60. The summed E-state index contributed by atoms with van der Waals surface area (Å²) in [4.78, 5) is 0. The van der Waals surface area contributed by atoms with Gasteiger partial charge >= 0.3 is 0 Å². The average molecular weight is 290 g/mol. The highest BCUT2D eigenvalue weighted by molar-refractivity contribution is 6.27.